The van der Waals surface area contributed by atoms with Gasteiger partial charge in [0.05, 0.1) is 5.92 Å². The number of rotatable bonds is 3. The maximum absolute atomic E-state index is 11.6. The minimum atomic E-state index is -0.862. The summed E-state index contributed by atoms with van der Waals surface area (Å²) in [5.74, 6) is -1.35. The quantitative estimate of drug-likeness (QED) is 0.695. The zero-order valence-corrected chi connectivity index (χ0v) is 8.98. The Labute approximate surface area is 89.2 Å². The van der Waals surface area contributed by atoms with Gasteiger partial charge in [0.15, 0.2) is 0 Å². The van der Waals surface area contributed by atoms with Crippen LogP contribution >= 0.6 is 0 Å². The Morgan fingerprint density at radius 3 is 2.67 bits per heavy atom. The number of carbonyl (C=O) groups is 2. The van der Waals surface area contributed by atoms with Crippen LogP contribution < -0.4 is 5.73 Å². The zero-order chi connectivity index (χ0) is 11.4. The first kappa shape index (κ1) is 12.0. The lowest BCUT2D eigenvalue weighted by molar-refractivity contribution is -0.146. The van der Waals surface area contributed by atoms with Crippen LogP contribution in [0.5, 0.6) is 0 Å². The van der Waals surface area contributed by atoms with Crippen molar-refractivity contribution in [1.82, 2.24) is 4.90 Å². The summed E-state index contributed by atoms with van der Waals surface area (Å²) in [5.41, 5.74) is 5.73. The molecule has 86 valence electrons. The van der Waals surface area contributed by atoms with Crippen LogP contribution in [-0.2, 0) is 9.59 Å². The van der Waals surface area contributed by atoms with E-state index in [-0.39, 0.29) is 11.9 Å². The minimum absolute atomic E-state index is 0.0129. The maximum atomic E-state index is 11.6. The number of carboxylic acid groups (broad SMARTS) is 1. The Bertz CT molecular complexity index is 255. The average molecular weight is 214 g/mol. The summed E-state index contributed by atoms with van der Waals surface area (Å²) in [6, 6.07) is -0.208. The molecule has 0 aliphatic carbocycles. The van der Waals surface area contributed by atoms with Gasteiger partial charge in [-0.2, -0.15) is 0 Å². The summed E-state index contributed by atoms with van der Waals surface area (Å²) < 4.78 is 0. The lowest BCUT2D eigenvalue weighted by Gasteiger charge is -2.34. The standard InChI is InChI=1S/C10H18N2O3/c1-2-3-9(13)12-5-7(10(14)15)4-8(11)6-12/h7-8H,2-6,11H2,1H3,(H,14,15). The minimum Gasteiger partial charge on any atom is -0.481 e. The van der Waals surface area contributed by atoms with Crippen LogP contribution in [0, 0.1) is 5.92 Å². The second kappa shape index (κ2) is 5.11. The number of nitrogens with two attached hydrogens (primary N) is 1. The van der Waals surface area contributed by atoms with E-state index >= 15 is 0 Å². The molecule has 0 bridgehead atoms. The molecule has 0 aromatic rings. The third kappa shape index (κ3) is 3.20. The monoisotopic (exact) mass is 214 g/mol. The van der Waals surface area contributed by atoms with E-state index in [0.29, 0.717) is 25.9 Å². The summed E-state index contributed by atoms with van der Waals surface area (Å²) >= 11 is 0. The van der Waals surface area contributed by atoms with Crippen LogP contribution in [0.2, 0.25) is 0 Å². The van der Waals surface area contributed by atoms with Crippen molar-refractivity contribution in [3.05, 3.63) is 0 Å². The normalized spacial score (nSPS) is 26.4. The van der Waals surface area contributed by atoms with Gasteiger partial charge in [0.25, 0.3) is 0 Å². The number of carboxylic acids is 1. The first-order chi connectivity index (χ1) is 7.04. The SMILES string of the molecule is CCCC(=O)N1CC(N)CC(C(=O)O)C1. The molecule has 3 N–H and O–H groups in total. The number of piperidine rings is 1. The fraction of sp³-hybridized carbons (Fsp3) is 0.800. The third-order valence-electron chi connectivity index (χ3n) is 2.65. The van der Waals surface area contributed by atoms with Crippen LogP contribution in [-0.4, -0.2) is 41.0 Å². The molecular formula is C10H18N2O3. The molecule has 1 amide bonds. The van der Waals surface area contributed by atoms with Crippen LogP contribution in [0.1, 0.15) is 26.2 Å². The number of carbonyl (C=O) groups excluding carboxylic acids is 1. The van der Waals surface area contributed by atoms with E-state index in [1.807, 2.05) is 6.92 Å². The largest absolute Gasteiger partial charge is 0.481 e. The Morgan fingerprint density at radius 1 is 1.47 bits per heavy atom. The molecule has 0 aromatic heterocycles. The Kier molecular flexibility index (Phi) is 4.08. The van der Waals surface area contributed by atoms with Gasteiger partial charge in [0.2, 0.25) is 5.91 Å². The van der Waals surface area contributed by atoms with E-state index in [1.54, 1.807) is 4.90 Å². The van der Waals surface area contributed by atoms with Crippen molar-refractivity contribution in [2.75, 3.05) is 13.1 Å². The van der Waals surface area contributed by atoms with Gasteiger partial charge in [0.1, 0.15) is 0 Å². The smallest absolute Gasteiger partial charge is 0.308 e. The second-order valence-electron chi connectivity index (χ2n) is 4.08. The van der Waals surface area contributed by atoms with Gasteiger partial charge in [-0.05, 0) is 12.8 Å². The molecule has 1 aliphatic rings. The van der Waals surface area contributed by atoms with Gasteiger partial charge in [-0.1, -0.05) is 6.92 Å². The molecule has 0 radical (unpaired) electrons. The van der Waals surface area contributed by atoms with Gasteiger partial charge in [-0.3, -0.25) is 9.59 Å². The number of hydrogen-bond donors (Lipinski definition) is 2. The first-order valence-electron chi connectivity index (χ1n) is 5.30. The highest BCUT2D eigenvalue weighted by atomic mass is 16.4. The van der Waals surface area contributed by atoms with Gasteiger partial charge >= 0.3 is 5.97 Å². The molecule has 1 heterocycles. The fourth-order valence-electron chi connectivity index (χ4n) is 1.89. The summed E-state index contributed by atoms with van der Waals surface area (Å²) in [5, 5.41) is 8.89. The van der Waals surface area contributed by atoms with E-state index in [0.717, 1.165) is 6.42 Å². The number of nitrogens with zero attached hydrogens (tertiary/aromatic N) is 1. The van der Waals surface area contributed by atoms with Crippen LogP contribution in [0.3, 0.4) is 0 Å². The highest BCUT2D eigenvalue weighted by Crippen LogP contribution is 2.17. The molecule has 2 atom stereocenters. The van der Waals surface area contributed by atoms with E-state index < -0.39 is 11.9 Å². The van der Waals surface area contributed by atoms with E-state index in [1.165, 1.54) is 0 Å². The van der Waals surface area contributed by atoms with Crippen molar-refractivity contribution in [3.63, 3.8) is 0 Å². The van der Waals surface area contributed by atoms with Crippen molar-refractivity contribution in [2.24, 2.45) is 11.7 Å². The first-order valence-corrected chi connectivity index (χ1v) is 5.30. The number of aliphatic carboxylic acids is 1. The molecule has 0 aromatic carbocycles. The average Bonchev–Trinajstić information content (AvgIpc) is 2.17. The Morgan fingerprint density at radius 2 is 2.13 bits per heavy atom. The molecule has 1 rings (SSSR count). The van der Waals surface area contributed by atoms with Crippen LogP contribution in [0.25, 0.3) is 0 Å². The molecule has 0 spiro atoms. The lowest BCUT2D eigenvalue weighted by Crippen LogP contribution is -2.51. The summed E-state index contributed by atoms with van der Waals surface area (Å²) in [6.07, 6.45) is 1.71. The topological polar surface area (TPSA) is 83.6 Å². The highest BCUT2D eigenvalue weighted by molar-refractivity contribution is 5.78. The number of amides is 1. The molecule has 5 nitrogen and oxygen atoms in total. The molecule has 15 heavy (non-hydrogen) atoms. The maximum Gasteiger partial charge on any atom is 0.308 e. The number of likely N-dealkylation sites (tertiary alicyclic amines) is 1. The van der Waals surface area contributed by atoms with Gasteiger partial charge in [0, 0.05) is 25.6 Å². The number of hydrogen-bond acceptors (Lipinski definition) is 3. The molecule has 1 saturated heterocycles. The zero-order valence-electron chi connectivity index (χ0n) is 8.98. The summed E-state index contributed by atoms with van der Waals surface area (Å²) in [6.45, 7) is 2.72. The van der Waals surface area contributed by atoms with Crippen molar-refractivity contribution in [3.8, 4) is 0 Å². The predicted octanol–water partition coefficient (Wildman–Crippen LogP) is 0.0469. The van der Waals surface area contributed by atoms with Crippen LogP contribution in [0.15, 0.2) is 0 Å². The van der Waals surface area contributed by atoms with E-state index in [9.17, 15) is 9.59 Å². The van der Waals surface area contributed by atoms with Crippen molar-refractivity contribution in [1.29, 1.82) is 0 Å². The molecule has 2 unspecified atom stereocenters. The molecule has 1 aliphatic heterocycles. The van der Waals surface area contributed by atoms with Crippen molar-refractivity contribution in [2.45, 2.75) is 32.2 Å². The van der Waals surface area contributed by atoms with Gasteiger partial charge in [-0.25, -0.2) is 0 Å². The lowest BCUT2D eigenvalue weighted by atomic mass is 9.94. The predicted molar refractivity (Wildman–Crippen MR) is 55.2 cm³/mol. The highest BCUT2D eigenvalue weighted by Gasteiger charge is 2.31. The fourth-order valence-corrected chi connectivity index (χ4v) is 1.89. The molecule has 0 saturated carbocycles. The summed E-state index contributed by atoms with van der Waals surface area (Å²) in [7, 11) is 0. The Hall–Kier alpha value is -1.10. The molecule has 5 heteroatoms. The van der Waals surface area contributed by atoms with Gasteiger partial charge < -0.3 is 15.7 Å². The van der Waals surface area contributed by atoms with Crippen molar-refractivity contribution >= 4 is 11.9 Å². The van der Waals surface area contributed by atoms with E-state index in [2.05, 4.69) is 0 Å². The third-order valence-corrected chi connectivity index (χ3v) is 2.65. The van der Waals surface area contributed by atoms with E-state index in [4.69, 9.17) is 10.8 Å². The van der Waals surface area contributed by atoms with Gasteiger partial charge in [-0.15, -0.1) is 0 Å². The summed E-state index contributed by atoms with van der Waals surface area (Å²) in [4.78, 5) is 24.0. The molecular weight excluding hydrogens is 196 g/mol. The van der Waals surface area contributed by atoms with Crippen molar-refractivity contribution < 1.29 is 14.7 Å². The molecule has 1 fully saturated rings. The second-order valence-corrected chi connectivity index (χ2v) is 4.08. The van der Waals surface area contributed by atoms with Crippen LogP contribution in [0.4, 0.5) is 0 Å². The Balaban J connectivity index is 2.58.